The van der Waals surface area contributed by atoms with Crippen molar-refractivity contribution in [1.29, 1.82) is 0 Å². The first-order valence-electron chi connectivity index (χ1n) is 8.46. The van der Waals surface area contributed by atoms with Gasteiger partial charge in [-0.1, -0.05) is 42.5 Å². The summed E-state index contributed by atoms with van der Waals surface area (Å²) in [5.41, 5.74) is 2.97. The maximum atomic E-state index is 13.7. The second-order valence-electron chi connectivity index (χ2n) is 5.92. The van der Waals surface area contributed by atoms with Crippen molar-refractivity contribution >= 4 is 5.96 Å². The third kappa shape index (κ3) is 4.92. The summed E-state index contributed by atoms with van der Waals surface area (Å²) in [7, 11) is 1.70. The number of nitrogens with zero attached hydrogens (tertiary/aromatic N) is 3. The molecule has 3 rings (SSSR count). The summed E-state index contributed by atoms with van der Waals surface area (Å²) in [4.78, 5) is 8.23. The van der Waals surface area contributed by atoms with Crippen molar-refractivity contribution in [3.63, 3.8) is 0 Å². The van der Waals surface area contributed by atoms with Crippen molar-refractivity contribution in [3.8, 4) is 0 Å². The summed E-state index contributed by atoms with van der Waals surface area (Å²) >= 11 is 0. The van der Waals surface area contributed by atoms with E-state index in [9.17, 15) is 4.39 Å². The Balaban J connectivity index is 1.49. The van der Waals surface area contributed by atoms with Gasteiger partial charge in [-0.2, -0.15) is 0 Å². The Hall–Kier alpha value is -3.15. The van der Waals surface area contributed by atoms with Gasteiger partial charge in [-0.15, -0.1) is 0 Å². The van der Waals surface area contributed by atoms with Crippen LogP contribution in [0, 0.1) is 5.82 Å². The quantitative estimate of drug-likeness (QED) is 0.530. The van der Waals surface area contributed by atoms with Crippen LogP contribution in [-0.4, -0.2) is 22.6 Å². The van der Waals surface area contributed by atoms with Crippen LogP contribution in [-0.2, 0) is 19.6 Å². The van der Waals surface area contributed by atoms with Gasteiger partial charge in [0, 0.05) is 44.6 Å². The Bertz CT molecular complexity index is 841. The SMILES string of the molecule is CN=C(NCc1ccc(Cn2ccnc2)cc1)NCc1ccccc1F. The second-order valence-corrected chi connectivity index (χ2v) is 5.92. The van der Waals surface area contributed by atoms with Crippen LogP contribution in [0.2, 0.25) is 0 Å². The number of aliphatic imine (C=N–C) groups is 1. The van der Waals surface area contributed by atoms with E-state index in [1.807, 2.05) is 16.8 Å². The molecule has 1 heterocycles. The highest BCUT2D eigenvalue weighted by Crippen LogP contribution is 2.07. The molecule has 0 radical (unpaired) electrons. The first-order chi connectivity index (χ1) is 12.7. The molecule has 0 aliphatic heterocycles. The van der Waals surface area contributed by atoms with E-state index in [0.717, 1.165) is 12.1 Å². The topological polar surface area (TPSA) is 54.2 Å². The molecule has 0 saturated carbocycles. The van der Waals surface area contributed by atoms with E-state index < -0.39 is 0 Å². The molecule has 6 heteroatoms. The Labute approximate surface area is 152 Å². The lowest BCUT2D eigenvalue weighted by Crippen LogP contribution is -2.36. The number of benzene rings is 2. The molecule has 134 valence electrons. The monoisotopic (exact) mass is 351 g/mol. The van der Waals surface area contributed by atoms with Crippen molar-refractivity contribution in [3.05, 3.63) is 89.8 Å². The summed E-state index contributed by atoms with van der Waals surface area (Å²) in [5.74, 6) is 0.416. The lowest BCUT2D eigenvalue weighted by molar-refractivity contribution is 0.604. The molecule has 0 fully saturated rings. The molecule has 0 unspecified atom stereocenters. The van der Waals surface area contributed by atoms with Crippen molar-refractivity contribution in [1.82, 2.24) is 20.2 Å². The fraction of sp³-hybridized carbons (Fsp3) is 0.200. The summed E-state index contributed by atoms with van der Waals surface area (Å²) in [5, 5.41) is 6.37. The fourth-order valence-corrected chi connectivity index (χ4v) is 2.58. The molecule has 0 bridgehead atoms. The van der Waals surface area contributed by atoms with Gasteiger partial charge in [0.05, 0.1) is 6.33 Å². The fourth-order valence-electron chi connectivity index (χ4n) is 2.58. The van der Waals surface area contributed by atoms with Gasteiger partial charge in [0.25, 0.3) is 0 Å². The molecule has 0 atom stereocenters. The first-order valence-corrected chi connectivity index (χ1v) is 8.46. The normalized spacial score (nSPS) is 11.4. The van der Waals surface area contributed by atoms with Crippen LogP contribution < -0.4 is 10.6 Å². The van der Waals surface area contributed by atoms with Crippen molar-refractivity contribution in [2.45, 2.75) is 19.6 Å². The third-order valence-electron chi connectivity index (χ3n) is 4.03. The number of guanidine groups is 1. The van der Waals surface area contributed by atoms with E-state index in [0.29, 0.717) is 24.6 Å². The van der Waals surface area contributed by atoms with Crippen molar-refractivity contribution < 1.29 is 4.39 Å². The average molecular weight is 351 g/mol. The minimum Gasteiger partial charge on any atom is -0.352 e. The standard InChI is InChI=1S/C20H22FN5/c1-22-20(25-13-18-4-2-3-5-19(18)21)24-12-16-6-8-17(9-7-16)14-26-11-10-23-15-26/h2-11,15H,12-14H2,1H3,(H2,22,24,25). The Morgan fingerprint density at radius 1 is 1.04 bits per heavy atom. The molecular weight excluding hydrogens is 329 g/mol. The van der Waals surface area contributed by atoms with E-state index >= 15 is 0 Å². The summed E-state index contributed by atoms with van der Waals surface area (Å²) in [6, 6.07) is 15.1. The number of hydrogen-bond donors (Lipinski definition) is 2. The number of imidazole rings is 1. The zero-order valence-corrected chi connectivity index (χ0v) is 14.7. The van der Waals surface area contributed by atoms with Gasteiger partial charge in [0.1, 0.15) is 5.82 Å². The molecule has 0 amide bonds. The van der Waals surface area contributed by atoms with Crippen LogP contribution in [0.15, 0.2) is 72.2 Å². The lowest BCUT2D eigenvalue weighted by atomic mass is 10.1. The summed E-state index contributed by atoms with van der Waals surface area (Å²) in [6.45, 7) is 1.83. The van der Waals surface area contributed by atoms with Crippen LogP contribution in [0.5, 0.6) is 0 Å². The highest BCUT2D eigenvalue weighted by molar-refractivity contribution is 5.79. The zero-order chi connectivity index (χ0) is 18.2. The molecule has 2 aromatic carbocycles. The Kier molecular flexibility index (Phi) is 5.98. The van der Waals surface area contributed by atoms with Gasteiger partial charge in [0.15, 0.2) is 5.96 Å². The molecule has 3 aromatic rings. The number of rotatable bonds is 6. The molecule has 0 aliphatic carbocycles. The van der Waals surface area contributed by atoms with Crippen molar-refractivity contribution in [2.75, 3.05) is 7.05 Å². The largest absolute Gasteiger partial charge is 0.352 e. The molecule has 26 heavy (non-hydrogen) atoms. The summed E-state index contributed by atoms with van der Waals surface area (Å²) in [6.07, 6.45) is 5.53. The minimum absolute atomic E-state index is 0.219. The smallest absolute Gasteiger partial charge is 0.191 e. The van der Waals surface area contributed by atoms with Crippen LogP contribution in [0.1, 0.15) is 16.7 Å². The van der Waals surface area contributed by atoms with Gasteiger partial charge in [-0.3, -0.25) is 4.99 Å². The van der Waals surface area contributed by atoms with E-state index in [1.165, 1.54) is 11.6 Å². The number of nitrogens with one attached hydrogen (secondary N) is 2. The molecule has 0 spiro atoms. The number of hydrogen-bond acceptors (Lipinski definition) is 2. The van der Waals surface area contributed by atoms with Gasteiger partial charge < -0.3 is 15.2 Å². The van der Waals surface area contributed by atoms with Gasteiger partial charge in [-0.05, 0) is 17.2 Å². The van der Waals surface area contributed by atoms with Gasteiger partial charge in [-0.25, -0.2) is 9.37 Å². The van der Waals surface area contributed by atoms with E-state index in [2.05, 4.69) is 44.9 Å². The second kappa shape index (κ2) is 8.80. The maximum Gasteiger partial charge on any atom is 0.191 e. The van der Waals surface area contributed by atoms with E-state index in [1.54, 1.807) is 31.7 Å². The van der Waals surface area contributed by atoms with Gasteiger partial charge in [0.2, 0.25) is 0 Å². The van der Waals surface area contributed by atoms with E-state index in [4.69, 9.17) is 0 Å². The molecular formula is C20H22FN5. The predicted molar refractivity (Wildman–Crippen MR) is 101 cm³/mol. The first kappa shape index (κ1) is 17.7. The highest BCUT2D eigenvalue weighted by atomic mass is 19.1. The van der Waals surface area contributed by atoms with Crippen molar-refractivity contribution in [2.24, 2.45) is 4.99 Å². The van der Waals surface area contributed by atoms with Crippen LogP contribution in [0.25, 0.3) is 0 Å². The number of aromatic nitrogens is 2. The van der Waals surface area contributed by atoms with Crippen LogP contribution >= 0.6 is 0 Å². The predicted octanol–water partition coefficient (Wildman–Crippen LogP) is 2.94. The molecule has 0 aliphatic rings. The third-order valence-corrected chi connectivity index (χ3v) is 4.03. The molecule has 5 nitrogen and oxygen atoms in total. The van der Waals surface area contributed by atoms with E-state index in [-0.39, 0.29) is 5.82 Å². The zero-order valence-electron chi connectivity index (χ0n) is 14.7. The summed E-state index contributed by atoms with van der Waals surface area (Å²) < 4.78 is 15.7. The lowest BCUT2D eigenvalue weighted by Gasteiger charge is -2.13. The Morgan fingerprint density at radius 2 is 1.77 bits per heavy atom. The molecule has 1 aromatic heterocycles. The van der Waals surface area contributed by atoms with Crippen LogP contribution in [0.4, 0.5) is 4.39 Å². The molecule has 2 N–H and O–H groups in total. The minimum atomic E-state index is -0.219. The Morgan fingerprint density at radius 3 is 2.46 bits per heavy atom. The number of halogens is 1. The van der Waals surface area contributed by atoms with Gasteiger partial charge >= 0.3 is 0 Å². The van der Waals surface area contributed by atoms with Crippen LogP contribution in [0.3, 0.4) is 0 Å². The molecule has 0 saturated heterocycles. The maximum absolute atomic E-state index is 13.7. The highest BCUT2D eigenvalue weighted by Gasteiger charge is 2.03. The average Bonchev–Trinajstić information content (AvgIpc) is 3.17.